The average Bonchev–Trinajstić information content (AvgIpc) is 2.84. The summed E-state index contributed by atoms with van der Waals surface area (Å²) >= 11 is 5.33. The van der Waals surface area contributed by atoms with Gasteiger partial charge in [-0.15, -0.1) is 11.6 Å². The van der Waals surface area contributed by atoms with Crippen molar-refractivity contribution in [1.82, 2.24) is 0 Å². The first kappa shape index (κ1) is 16.6. The highest BCUT2D eigenvalue weighted by molar-refractivity contribution is 6.23. The molecule has 0 aromatic rings. The van der Waals surface area contributed by atoms with Gasteiger partial charge >= 0.3 is 0 Å². The van der Waals surface area contributed by atoms with Gasteiger partial charge in [-0.3, -0.25) is 0 Å². The maximum atomic E-state index is 5.33. The minimum absolute atomic E-state index is 0.431. The van der Waals surface area contributed by atoms with Crippen LogP contribution in [0.15, 0.2) is 0 Å². The lowest BCUT2D eigenvalue weighted by Gasteiger charge is -1.50. The minimum Gasteiger partial charge on any atom is -0.333 e. The highest BCUT2D eigenvalue weighted by Crippen LogP contribution is 2.23. The lowest BCUT2D eigenvalue weighted by atomic mass is 11.0. The van der Waals surface area contributed by atoms with Gasteiger partial charge in [0.05, 0.1) is 0 Å². The molecule has 10 heavy (non-hydrogen) atoms. The standard InChI is InChI=1S/C3H4Cl.3CH5N/c4-3-1-2-3;3*1-2/h1,3H,2H2;3*2H2,1H3. The zero-order chi connectivity index (χ0) is 8.99. The van der Waals surface area contributed by atoms with Crippen LogP contribution in [-0.2, 0) is 0 Å². The van der Waals surface area contributed by atoms with Crippen molar-refractivity contribution in [3.05, 3.63) is 6.42 Å². The molecule has 1 unspecified atom stereocenters. The van der Waals surface area contributed by atoms with Crippen molar-refractivity contribution in [3.8, 4) is 0 Å². The van der Waals surface area contributed by atoms with Crippen LogP contribution < -0.4 is 17.2 Å². The molecule has 1 atom stereocenters. The summed E-state index contributed by atoms with van der Waals surface area (Å²) < 4.78 is 0. The zero-order valence-electron chi connectivity index (χ0n) is 6.97. The Bertz CT molecular complexity index is 32.2. The van der Waals surface area contributed by atoms with Gasteiger partial charge in [-0.05, 0) is 34.0 Å². The highest BCUT2D eigenvalue weighted by Gasteiger charge is 2.16. The molecule has 0 bridgehead atoms. The van der Waals surface area contributed by atoms with Gasteiger partial charge in [-0.1, -0.05) is 0 Å². The number of rotatable bonds is 0. The van der Waals surface area contributed by atoms with Gasteiger partial charge in [0, 0.05) is 5.38 Å². The quantitative estimate of drug-likeness (QED) is 0.443. The second-order valence-electron chi connectivity index (χ2n) is 0.987. The minimum atomic E-state index is 0.431. The molecule has 0 aromatic heterocycles. The SMILES string of the molecule is CN.CN.CN.ClC1[CH]C1. The van der Waals surface area contributed by atoms with Crippen molar-refractivity contribution in [2.24, 2.45) is 17.2 Å². The number of nitrogens with two attached hydrogens (primary N) is 3. The van der Waals surface area contributed by atoms with Gasteiger partial charge in [-0.25, -0.2) is 0 Å². The highest BCUT2D eigenvalue weighted by atomic mass is 35.5. The predicted molar refractivity (Wildman–Crippen MR) is 48.9 cm³/mol. The van der Waals surface area contributed by atoms with E-state index < -0.39 is 0 Å². The molecule has 1 rings (SSSR count). The van der Waals surface area contributed by atoms with Crippen LogP contribution in [0.4, 0.5) is 0 Å². The van der Waals surface area contributed by atoms with E-state index >= 15 is 0 Å². The molecular weight excluding hydrogens is 150 g/mol. The van der Waals surface area contributed by atoms with E-state index in [1.165, 1.54) is 21.1 Å². The van der Waals surface area contributed by atoms with Crippen LogP contribution in [0, 0.1) is 6.42 Å². The second kappa shape index (κ2) is 22.9. The first-order valence-corrected chi connectivity index (χ1v) is 3.54. The van der Waals surface area contributed by atoms with E-state index in [0.717, 1.165) is 6.42 Å². The van der Waals surface area contributed by atoms with Crippen LogP contribution in [0.25, 0.3) is 0 Å². The van der Waals surface area contributed by atoms with Crippen LogP contribution in [0.5, 0.6) is 0 Å². The number of hydrogen-bond donors (Lipinski definition) is 3. The molecule has 65 valence electrons. The summed E-state index contributed by atoms with van der Waals surface area (Å²) in [5, 5.41) is 0.431. The van der Waals surface area contributed by atoms with Crippen molar-refractivity contribution in [3.63, 3.8) is 0 Å². The Labute approximate surface area is 68.9 Å². The summed E-state index contributed by atoms with van der Waals surface area (Å²) in [6.45, 7) is 0. The third kappa shape index (κ3) is 41.8. The third-order valence-corrected chi connectivity index (χ3v) is 0.770. The summed E-state index contributed by atoms with van der Waals surface area (Å²) in [5.41, 5.74) is 13.5. The summed E-state index contributed by atoms with van der Waals surface area (Å²) in [6.07, 6.45) is 3.18. The van der Waals surface area contributed by atoms with Crippen LogP contribution in [0.3, 0.4) is 0 Å². The summed E-state index contributed by atoms with van der Waals surface area (Å²) in [4.78, 5) is 0. The lowest BCUT2D eigenvalue weighted by Crippen LogP contribution is -1.69. The Kier molecular flexibility index (Phi) is 38.1. The molecular formula is C6H19ClN3. The van der Waals surface area contributed by atoms with E-state index in [-0.39, 0.29) is 0 Å². The molecule has 1 aliphatic rings. The van der Waals surface area contributed by atoms with E-state index in [2.05, 4.69) is 23.6 Å². The Balaban J connectivity index is -0.0000000729. The van der Waals surface area contributed by atoms with Gasteiger partial charge in [0.1, 0.15) is 0 Å². The van der Waals surface area contributed by atoms with Crippen LogP contribution in [-0.4, -0.2) is 26.5 Å². The molecule has 4 heteroatoms. The number of hydrogen-bond acceptors (Lipinski definition) is 3. The topological polar surface area (TPSA) is 78.1 Å². The zero-order valence-corrected chi connectivity index (χ0v) is 7.73. The van der Waals surface area contributed by atoms with Crippen LogP contribution >= 0.6 is 11.6 Å². The first-order valence-electron chi connectivity index (χ1n) is 3.10. The maximum Gasteiger partial charge on any atom is 0.0371 e. The smallest absolute Gasteiger partial charge is 0.0371 e. The fraction of sp³-hybridized carbons (Fsp3) is 0.833. The molecule has 0 amide bonds. The molecule has 1 fully saturated rings. The van der Waals surface area contributed by atoms with Crippen LogP contribution in [0.1, 0.15) is 6.42 Å². The molecule has 3 nitrogen and oxygen atoms in total. The Morgan fingerprint density at radius 1 is 1.10 bits per heavy atom. The van der Waals surface area contributed by atoms with Gasteiger partial charge in [-0.2, -0.15) is 0 Å². The number of alkyl halides is 1. The molecule has 0 aliphatic heterocycles. The van der Waals surface area contributed by atoms with Crippen molar-refractivity contribution in [1.29, 1.82) is 0 Å². The second-order valence-corrected chi connectivity index (χ2v) is 1.55. The predicted octanol–water partition coefficient (Wildman–Crippen LogP) is -0.0735. The van der Waals surface area contributed by atoms with Crippen molar-refractivity contribution in [2.75, 3.05) is 21.1 Å². The Morgan fingerprint density at radius 3 is 1.20 bits per heavy atom. The monoisotopic (exact) mass is 168 g/mol. The van der Waals surface area contributed by atoms with E-state index in [4.69, 9.17) is 11.6 Å². The third-order valence-electron chi connectivity index (χ3n) is 0.414. The molecule has 1 aliphatic carbocycles. The van der Waals surface area contributed by atoms with Gasteiger partial charge < -0.3 is 17.2 Å². The van der Waals surface area contributed by atoms with E-state index in [0.29, 0.717) is 5.38 Å². The fourth-order valence-electron chi connectivity index (χ4n) is 0.0514. The molecule has 1 radical (unpaired) electrons. The first-order chi connectivity index (χ1) is 4.89. The molecule has 0 spiro atoms. The lowest BCUT2D eigenvalue weighted by molar-refractivity contribution is 1.48. The van der Waals surface area contributed by atoms with Gasteiger partial charge in [0.2, 0.25) is 0 Å². The largest absolute Gasteiger partial charge is 0.333 e. The molecule has 1 saturated carbocycles. The van der Waals surface area contributed by atoms with E-state index in [1.807, 2.05) is 0 Å². The van der Waals surface area contributed by atoms with E-state index in [9.17, 15) is 0 Å². The van der Waals surface area contributed by atoms with Gasteiger partial charge in [0.25, 0.3) is 0 Å². The molecule has 0 aromatic carbocycles. The van der Waals surface area contributed by atoms with Crippen molar-refractivity contribution in [2.45, 2.75) is 11.8 Å². The maximum absolute atomic E-state index is 5.33. The van der Waals surface area contributed by atoms with E-state index in [1.54, 1.807) is 0 Å². The summed E-state index contributed by atoms with van der Waals surface area (Å²) in [7, 11) is 4.50. The Morgan fingerprint density at radius 2 is 1.20 bits per heavy atom. The summed E-state index contributed by atoms with van der Waals surface area (Å²) in [5.74, 6) is 0. The Hall–Kier alpha value is 0.170. The fourth-order valence-corrected chi connectivity index (χ4v) is 0.154. The normalized spacial score (nSPS) is 12.3. The molecule has 0 saturated heterocycles. The molecule has 6 N–H and O–H groups in total. The summed E-state index contributed by atoms with van der Waals surface area (Å²) in [6, 6.07) is 0. The van der Waals surface area contributed by atoms with Crippen LogP contribution in [0.2, 0.25) is 0 Å². The molecule has 0 heterocycles. The average molecular weight is 169 g/mol. The number of halogens is 1. The van der Waals surface area contributed by atoms with Gasteiger partial charge in [0.15, 0.2) is 0 Å². The van der Waals surface area contributed by atoms with Crippen molar-refractivity contribution >= 4 is 11.6 Å². The van der Waals surface area contributed by atoms with Crippen molar-refractivity contribution < 1.29 is 0 Å².